The average molecular weight is 314 g/mol. The molecule has 0 atom stereocenters. The molecule has 0 saturated carbocycles. The Balaban J connectivity index is -0.000000249. The lowest BCUT2D eigenvalue weighted by Gasteiger charge is -2.24. The normalized spacial score (nSPS) is 9.81. The number of aliphatic hydroxyl groups excluding tert-OH is 5. The lowest BCUT2D eigenvalue weighted by atomic mass is 9.88. The summed E-state index contributed by atoms with van der Waals surface area (Å²) < 4.78 is 0. The maximum Gasteiger partial charge on any atom is 0.303 e. The number of carbonyl (C=O) groups is 2. The maximum atomic E-state index is 9.64. The molecule has 0 radical (unpaired) electrons. The zero-order valence-corrected chi connectivity index (χ0v) is 12.1. The second-order valence-corrected chi connectivity index (χ2v) is 4.06. The van der Waals surface area contributed by atoms with E-state index in [4.69, 9.17) is 35.7 Å². The first-order chi connectivity index (χ1) is 9.78. The minimum absolute atomic E-state index is 0.125. The Morgan fingerprint density at radius 3 is 1.10 bits per heavy atom. The third-order valence-corrected chi connectivity index (χ3v) is 2.41. The largest absolute Gasteiger partial charge is 0.481 e. The van der Waals surface area contributed by atoms with Crippen LogP contribution in [0.4, 0.5) is 0 Å². The van der Waals surface area contributed by atoms with Crippen molar-refractivity contribution in [2.24, 2.45) is 5.41 Å². The summed E-state index contributed by atoms with van der Waals surface area (Å²) in [6, 6.07) is 0. The summed E-state index contributed by atoms with van der Waals surface area (Å²) >= 11 is 0. The molecule has 128 valence electrons. The molecule has 9 nitrogen and oxygen atoms in total. The first kappa shape index (κ1) is 24.7. The summed E-state index contributed by atoms with van der Waals surface area (Å²) in [6.45, 7) is 1.10. The fourth-order valence-electron chi connectivity index (χ4n) is 0.699. The summed E-state index contributed by atoms with van der Waals surface area (Å²) in [5.74, 6) is -2.15. The Morgan fingerprint density at radius 2 is 1.05 bits per heavy atom. The molecule has 7 N–H and O–H groups in total. The summed E-state index contributed by atoms with van der Waals surface area (Å²) in [5.41, 5.74) is -0.667. The maximum absolute atomic E-state index is 9.64. The van der Waals surface area contributed by atoms with Crippen molar-refractivity contribution in [2.75, 3.05) is 33.0 Å². The second kappa shape index (κ2) is 16.8. The van der Waals surface area contributed by atoms with Gasteiger partial charge in [-0.25, -0.2) is 0 Å². The molecule has 0 spiro atoms. The number of aliphatic hydroxyl groups is 5. The van der Waals surface area contributed by atoms with Gasteiger partial charge >= 0.3 is 11.9 Å². The molecular weight excluding hydrogens is 288 g/mol. The van der Waals surface area contributed by atoms with E-state index in [1.807, 2.05) is 6.92 Å². The lowest BCUT2D eigenvalue weighted by molar-refractivity contribution is -0.143. The van der Waals surface area contributed by atoms with E-state index < -0.39 is 17.4 Å². The molecule has 9 heteroatoms. The first-order valence-electron chi connectivity index (χ1n) is 6.27. The van der Waals surface area contributed by atoms with Crippen LogP contribution in [0.3, 0.4) is 0 Å². The van der Waals surface area contributed by atoms with Gasteiger partial charge in [-0.3, -0.25) is 9.59 Å². The van der Waals surface area contributed by atoms with E-state index in [0.29, 0.717) is 6.42 Å². The van der Waals surface area contributed by atoms with Crippen LogP contribution >= 0.6 is 0 Å². The molecule has 0 aliphatic carbocycles. The summed E-state index contributed by atoms with van der Waals surface area (Å²) in [5, 5.41) is 57.0. The lowest BCUT2D eigenvalue weighted by Crippen LogP contribution is -2.32. The molecule has 21 heavy (non-hydrogen) atoms. The van der Waals surface area contributed by atoms with Gasteiger partial charge in [-0.1, -0.05) is 6.92 Å². The second-order valence-electron chi connectivity index (χ2n) is 4.06. The van der Waals surface area contributed by atoms with E-state index in [-0.39, 0.29) is 45.9 Å². The fraction of sp³-hybridized carbons (Fsp3) is 0.833. The van der Waals surface area contributed by atoms with Crippen molar-refractivity contribution in [3.8, 4) is 0 Å². The molecule has 0 bridgehead atoms. The van der Waals surface area contributed by atoms with Crippen molar-refractivity contribution in [2.45, 2.75) is 26.2 Å². The summed E-state index contributed by atoms with van der Waals surface area (Å²) in [6.07, 6.45) is 0.00116. The van der Waals surface area contributed by atoms with E-state index in [0.717, 1.165) is 0 Å². The van der Waals surface area contributed by atoms with Crippen molar-refractivity contribution in [1.82, 2.24) is 0 Å². The monoisotopic (exact) mass is 314 g/mol. The van der Waals surface area contributed by atoms with Crippen LogP contribution in [-0.4, -0.2) is 80.7 Å². The minimum atomic E-state index is -1.08. The van der Waals surface area contributed by atoms with Crippen LogP contribution in [0, 0.1) is 5.41 Å². The topological polar surface area (TPSA) is 176 Å². The van der Waals surface area contributed by atoms with Gasteiger partial charge < -0.3 is 35.7 Å². The molecule has 0 aromatic carbocycles. The molecule has 0 rings (SSSR count). The predicted octanol–water partition coefficient (Wildman–Crippen LogP) is -1.73. The van der Waals surface area contributed by atoms with Gasteiger partial charge in [-0.15, -0.1) is 0 Å². The number of hydrogen-bond acceptors (Lipinski definition) is 7. The Morgan fingerprint density at radius 1 is 0.762 bits per heavy atom. The molecule has 0 aliphatic rings. The smallest absolute Gasteiger partial charge is 0.303 e. The first-order valence-corrected chi connectivity index (χ1v) is 6.27. The van der Waals surface area contributed by atoms with Crippen LogP contribution in [0.5, 0.6) is 0 Å². The molecule has 0 aromatic heterocycles. The van der Waals surface area contributed by atoms with Gasteiger partial charge in [0.2, 0.25) is 0 Å². The predicted molar refractivity (Wildman–Crippen MR) is 72.7 cm³/mol. The molecule has 0 amide bonds. The molecular formula is C12H26O9. The molecule has 0 unspecified atom stereocenters. The molecule has 0 saturated heterocycles. The van der Waals surface area contributed by atoms with Crippen molar-refractivity contribution < 1.29 is 45.3 Å². The van der Waals surface area contributed by atoms with Gasteiger partial charge in [0.25, 0.3) is 0 Å². The fourth-order valence-corrected chi connectivity index (χ4v) is 0.699. The summed E-state index contributed by atoms with van der Waals surface area (Å²) in [7, 11) is 0. The van der Waals surface area contributed by atoms with Crippen LogP contribution < -0.4 is 0 Å². The zero-order chi connectivity index (χ0) is 17.3. The van der Waals surface area contributed by atoms with E-state index in [1.165, 1.54) is 0 Å². The van der Waals surface area contributed by atoms with E-state index >= 15 is 0 Å². The Hall–Kier alpha value is -1.26. The van der Waals surface area contributed by atoms with Crippen molar-refractivity contribution >= 4 is 11.9 Å². The molecule has 0 fully saturated rings. The van der Waals surface area contributed by atoms with Gasteiger partial charge in [-0.2, -0.15) is 0 Å². The highest BCUT2D eigenvalue weighted by molar-refractivity contribution is 5.75. The van der Waals surface area contributed by atoms with Crippen molar-refractivity contribution in [3.63, 3.8) is 0 Å². The minimum Gasteiger partial charge on any atom is -0.481 e. The number of aliphatic carboxylic acids is 2. The molecule has 0 aromatic rings. The highest BCUT2D eigenvalue weighted by Crippen LogP contribution is 2.18. The van der Waals surface area contributed by atoms with Crippen LogP contribution in [0.2, 0.25) is 0 Å². The van der Waals surface area contributed by atoms with Gasteiger partial charge in [-0.05, 0) is 6.42 Å². The van der Waals surface area contributed by atoms with Crippen LogP contribution in [0.15, 0.2) is 0 Å². The zero-order valence-electron chi connectivity index (χ0n) is 12.1. The van der Waals surface area contributed by atoms with Crippen LogP contribution in [0.1, 0.15) is 26.2 Å². The van der Waals surface area contributed by atoms with Gasteiger partial charge in [0.15, 0.2) is 0 Å². The summed E-state index contributed by atoms with van der Waals surface area (Å²) in [4.78, 5) is 19.3. The number of rotatable bonds is 8. The van der Waals surface area contributed by atoms with E-state index in [1.54, 1.807) is 0 Å². The standard InChI is InChI=1S/C6H14O3.C4H6O4.C2H6O2/c1-2-6(3-7,4-8)5-9;5-3(6)1-2-4(7)8;3-1-2-4/h7-9H,2-5H2,1H3;1-2H2,(H,5,6)(H,7,8);3-4H,1-2H2. The van der Waals surface area contributed by atoms with Gasteiger partial charge in [0.05, 0.1) is 45.9 Å². The highest BCUT2D eigenvalue weighted by atomic mass is 16.4. The Labute approximate surface area is 123 Å². The van der Waals surface area contributed by atoms with E-state index in [2.05, 4.69) is 0 Å². The van der Waals surface area contributed by atoms with Gasteiger partial charge in [0.1, 0.15) is 0 Å². The Kier molecular flexibility index (Phi) is 19.8. The van der Waals surface area contributed by atoms with Crippen molar-refractivity contribution in [3.05, 3.63) is 0 Å². The number of hydrogen-bond donors (Lipinski definition) is 7. The van der Waals surface area contributed by atoms with Crippen LogP contribution in [-0.2, 0) is 9.59 Å². The molecule has 0 aliphatic heterocycles. The average Bonchev–Trinajstić information content (AvgIpc) is 2.49. The van der Waals surface area contributed by atoms with Crippen molar-refractivity contribution in [1.29, 1.82) is 0 Å². The third-order valence-electron chi connectivity index (χ3n) is 2.41. The Bertz CT molecular complexity index is 218. The SMILES string of the molecule is CCC(CO)(CO)CO.O=C(O)CCC(=O)O.OCCO. The highest BCUT2D eigenvalue weighted by Gasteiger charge is 2.24. The number of carboxylic acid groups (broad SMARTS) is 2. The van der Waals surface area contributed by atoms with E-state index in [9.17, 15) is 9.59 Å². The van der Waals surface area contributed by atoms with Gasteiger partial charge in [0, 0.05) is 5.41 Å². The third kappa shape index (κ3) is 18.7. The number of carboxylic acids is 2. The quantitative estimate of drug-likeness (QED) is 0.274. The van der Waals surface area contributed by atoms with Crippen LogP contribution in [0.25, 0.3) is 0 Å². The molecule has 0 heterocycles.